The van der Waals surface area contributed by atoms with Crippen molar-refractivity contribution >= 4 is 27.5 Å². The van der Waals surface area contributed by atoms with Crippen LogP contribution in [0.25, 0.3) is 0 Å². The van der Waals surface area contributed by atoms with Crippen molar-refractivity contribution in [1.82, 2.24) is 9.78 Å². The Balaban J connectivity index is 1.69. The number of aromatic nitrogens is 2. The predicted molar refractivity (Wildman–Crippen MR) is 106 cm³/mol. The molecule has 0 radical (unpaired) electrons. The molecule has 5 nitrogen and oxygen atoms in total. The minimum Gasteiger partial charge on any atom is -0.488 e. The molecule has 1 amide bonds. The number of hydrogen-bond donors (Lipinski definition) is 1. The van der Waals surface area contributed by atoms with Gasteiger partial charge in [-0.25, -0.2) is 0 Å². The predicted octanol–water partition coefficient (Wildman–Crippen LogP) is 4.81. The maximum absolute atomic E-state index is 12.5. The van der Waals surface area contributed by atoms with E-state index in [1.807, 2.05) is 61.0 Å². The second kappa shape index (κ2) is 8.19. The zero-order valence-corrected chi connectivity index (χ0v) is 16.3. The molecular formula is C20H20BrN3O2. The summed E-state index contributed by atoms with van der Waals surface area (Å²) < 4.78 is 8.57. The van der Waals surface area contributed by atoms with Crippen molar-refractivity contribution in [3.63, 3.8) is 0 Å². The number of aryl methyl sites for hydroxylation is 1. The Bertz CT molecular complexity index is 921. The lowest BCUT2D eigenvalue weighted by Crippen LogP contribution is -2.13. The van der Waals surface area contributed by atoms with Gasteiger partial charge in [0, 0.05) is 12.1 Å². The minimum atomic E-state index is -0.161. The van der Waals surface area contributed by atoms with Crippen molar-refractivity contribution in [2.45, 2.75) is 27.0 Å². The third kappa shape index (κ3) is 4.14. The molecule has 0 unspecified atom stereocenters. The first-order valence-electron chi connectivity index (χ1n) is 8.38. The fourth-order valence-electron chi connectivity index (χ4n) is 2.61. The van der Waals surface area contributed by atoms with E-state index in [0.717, 1.165) is 33.7 Å². The zero-order chi connectivity index (χ0) is 18.5. The summed E-state index contributed by atoms with van der Waals surface area (Å²) in [4.78, 5) is 12.5. The zero-order valence-electron chi connectivity index (χ0n) is 14.7. The van der Waals surface area contributed by atoms with Gasteiger partial charge in [0.2, 0.25) is 0 Å². The first kappa shape index (κ1) is 18.2. The topological polar surface area (TPSA) is 56.2 Å². The molecule has 2 aromatic carbocycles. The van der Waals surface area contributed by atoms with Crippen LogP contribution >= 0.6 is 15.9 Å². The summed E-state index contributed by atoms with van der Waals surface area (Å²) in [5, 5.41) is 7.17. The van der Waals surface area contributed by atoms with Crippen LogP contribution in [0.1, 0.15) is 28.5 Å². The second-order valence-electron chi connectivity index (χ2n) is 5.83. The lowest BCUT2D eigenvalue weighted by Gasteiger charge is -2.10. The maximum Gasteiger partial charge on any atom is 0.255 e. The summed E-state index contributed by atoms with van der Waals surface area (Å²) in [5.41, 5.74) is 3.18. The van der Waals surface area contributed by atoms with Crippen molar-refractivity contribution in [1.29, 1.82) is 0 Å². The lowest BCUT2D eigenvalue weighted by molar-refractivity contribution is 0.102. The normalized spacial score (nSPS) is 10.6. The van der Waals surface area contributed by atoms with Gasteiger partial charge in [0.15, 0.2) is 0 Å². The molecule has 3 rings (SSSR count). The molecule has 1 aromatic heterocycles. The molecule has 0 saturated heterocycles. The van der Waals surface area contributed by atoms with E-state index < -0.39 is 0 Å². The lowest BCUT2D eigenvalue weighted by atomic mass is 10.1. The highest BCUT2D eigenvalue weighted by Gasteiger charge is 2.11. The largest absolute Gasteiger partial charge is 0.488 e. The quantitative estimate of drug-likeness (QED) is 0.630. The van der Waals surface area contributed by atoms with Crippen molar-refractivity contribution in [3.05, 3.63) is 76.0 Å². The van der Waals surface area contributed by atoms with Crippen LogP contribution in [0.2, 0.25) is 0 Å². The van der Waals surface area contributed by atoms with Crippen LogP contribution in [-0.2, 0) is 13.2 Å². The molecule has 0 spiro atoms. The Labute approximate surface area is 161 Å². The highest BCUT2D eigenvalue weighted by molar-refractivity contribution is 9.10. The van der Waals surface area contributed by atoms with Crippen LogP contribution in [0.3, 0.4) is 0 Å². The van der Waals surface area contributed by atoms with Crippen LogP contribution in [0.5, 0.6) is 5.75 Å². The molecule has 1 N–H and O–H groups in total. The third-order valence-electron chi connectivity index (χ3n) is 4.07. The maximum atomic E-state index is 12.5. The highest BCUT2D eigenvalue weighted by Crippen LogP contribution is 2.25. The summed E-state index contributed by atoms with van der Waals surface area (Å²) in [6.07, 6.45) is 1.68. The molecule has 3 aromatic rings. The number of amides is 1. The Morgan fingerprint density at radius 2 is 2.04 bits per heavy atom. The van der Waals surface area contributed by atoms with Crippen LogP contribution in [-0.4, -0.2) is 15.7 Å². The van der Waals surface area contributed by atoms with E-state index in [1.54, 1.807) is 12.3 Å². The van der Waals surface area contributed by atoms with Gasteiger partial charge >= 0.3 is 0 Å². The van der Waals surface area contributed by atoms with E-state index >= 15 is 0 Å². The van der Waals surface area contributed by atoms with Gasteiger partial charge in [-0.1, -0.05) is 24.3 Å². The van der Waals surface area contributed by atoms with Crippen molar-refractivity contribution < 1.29 is 9.53 Å². The van der Waals surface area contributed by atoms with Gasteiger partial charge in [-0.3, -0.25) is 9.48 Å². The van der Waals surface area contributed by atoms with E-state index in [1.165, 1.54) is 0 Å². The van der Waals surface area contributed by atoms with Gasteiger partial charge in [0.1, 0.15) is 12.4 Å². The molecule has 6 heteroatoms. The summed E-state index contributed by atoms with van der Waals surface area (Å²) >= 11 is 3.46. The molecule has 1 heterocycles. The Kier molecular flexibility index (Phi) is 5.73. The number of rotatable bonds is 6. The smallest absolute Gasteiger partial charge is 0.255 e. The summed E-state index contributed by atoms with van der Waals surface area (Å²) in [7, 11) is 0. The SMILES string of the molecule is CCn1ncc(NC(=O)c2cccc(COc3ccccc3Br)c2)c1C. The number of carbonyl (C=O) groups is 1. The standard InChI is InChI=1S/C20H20BrN3O2/c1-3-24-14(2)18(12-22-24)23-20(25)16-8-6-7-15(11-16)13-26-19-10-5-4-9-17(19)21/h4-12H,3,13H2,1-2H3,(H,23,25). The number of benzene rings is 2. The van der Waals surface area contributed by atoms with Crippen LogP contribution in [0.4, 0.5) is 5.69 Å². The van der Waals surface area contributed by atoms with Crippen LogP contribution in [0, 0.1) is 6.92 Å². The second-order valence-corrected chi connectivity index (χ2v) is 6.69. The Hall–Kier alpha value is -2.60. The molecule has 0 saturated carbocycles. The van der Waals surface area contributed by atoms with E-state index in [2.05, 4.69) is 26.3 Å². The van der Waals surface area contributed by atoms with Gasteiger partial charge in [-0.05, 0) is 59.6 Å². The van der Waals surface area contributed by atoms with E-state index in [0.29, 0.717) is 12.2 Å². The molecule has 0 atom stereocenters. The van der Waals surface area contributed by atoms with E-state index in [-0.39, 0.29) is 5.91 Å². The summed E-state index contributed by atoms with van der Waals surface area (Å²) in [6.45, 7) is 5.11. The number of carbonyl (C=O) groups excluding carboxylic acids is 1. The fraction of sp³-hybridized carbons (Fsp3) is 0.200. The third-order valence-corrected chi connectivity index (χ3v) is 4.73. The minimum absolute atomic E-state index is 0.161. The average Bonchev–Trinajstić information content (AvgIpc) is 3.01. The Morgan fingerprint density at radius 3 is 2.77 bits per heavy atom. The number of nitrogens with zero attached hydrogens (tertiary/aromatic N) is 2. The summed E-state index contributed by atoms with van der Waals surface area (Å²) in [5.74, 6) is 0.608. The molecule has 0 aliphatic rings. The first-order chi connectivity index (χ1) is 12.6. The van der Waals surface area contributed by atoms with Crippen LogP contribution < -0.4 is 10.1 Å². The monoisotopic (exact) mass is 413 g/mol. The number of anilines is 1. The first-order valence-corrected chi connectivity index (χ1v) is 9.17. The van der Waals surface area contributed by atoms with E-state index in [4.69, 9.17) is 4.74 Å². The van der Waals surface area contributed by atoms with Gasteiger partial charge in [-0.15, -0.1) is 0 Å². The number of ether oxygens (including phenoxy) is 1. The number of hydrogen-bond acceptors (Lipinski definition) is 3. The average molecular weight is 414 g/mol. The number of para-hydroxylation sites is 1. The van der Waals surface area contributed by atoms with Crippen LogP contribution in [0.15, 0.2) is 59.2 Å². The fourth-order valence-corrected chi connectivity index (χ4v) is 3.01. The molecule has 0 aliphatic heterocycles. The van der Waals surface area contributed by atoms with Gasteiger partial charge < -0.3 is 10.1 Å². The van der Waals surface area contributed by atoms with Crippen molar-refractivity contribution in [2.24, 2.45) is 0 Å². The summed E-state index contributed by atoms with van der Waals surface area (Å²) in [6, 6.07) is 15.1. The number of nitrogens with one attached hydrogen (secondary N) is 1. The highest BCUT2D eigenvalue weighted by atomic mass is 79.9. The molecular weight excluding hydrogens is 394 g/mol. The molecule has 134 valence electrons. The molecule has 26 heavy (non-hydrogen) atoms. The molecule has 0 fully saturated rings. The molecule has 0 bridgehead atoms. The van der Waals surface area contributed by atoms with Crippen molar-refractivity contribution in [3.8, 4) is 5.75 Å². The molecule has 0 aliphatic carbocycles. The van der Waals surface area contributed by atoms with Gasteiger partial charge in [-0.2, -0.15) is 5.10 Å². The Morgan fingerprint density at radius 1 is 1.23 bits per heavy atom. The number of halogens is 1. The van der Waals surface area contributed by atoms with E-state index in [9.17, 15) is 4.79 Å². The van der Waals surface area contributed by atoms with Crippen molar-refractivity contribution in [2.75, 3.05) is 5.32 Å². The van der Waals surface area contributed by atoms with Gasteiger partial charge in [0.25, 0.3) is 5.91 Å². The van der Waals surface area contributed by atoms with Gasteiger partial charge in [0.05, 0.1) is 22.1 Å².